The van der Waals surface area contributed by atoms with Crippen LogP contribution in [-0.4, -0.2) is 19.9 Å². The molecule has 0 aliphatic carbocycles. The third-order valence-corrected chi connectivity index (χ3v) is 10.6. The van der Waals surface area contributed by atoms with Crippen LogP contribution in [0.2, 0.25) is 0 Å². The average molecular weight is 665 g/mol. The number of nitrogens with one attached hydrogen (secondary N) is 4. The number of aromatic amines is 4. The molecule has 5 heterocycles. The van der Waals surface area contributed by atoms with Crippen LogP contribution in [0.25, 0.3) is 66.4 Å². The van der Waals surface area contributed by atoms with Crippen molar-refractivity contribution in [1.29, 1.82) is 0 Å². The van der Waals surface area contributed by atoms with Crippen molar-refractivity contribution >= 4 is 66.4 Å². The maximum Gasteiger partial charge on any atom is 0.0486 e. The first-order valence-electron chi connectivity index (χ1n) is 17.8. The molecule has 0 spiro atoms. The summed E-state index contributed by atoms with van der Waals surface area (Å²) in [5.74, 6) is 0. The Balaban J connectivity index is 1.23. The molecule has 10 aromatic rings. The normalized spacial score (nSPS) is 12.8. The van der Waals surface area contributed by atoms with Crippen LogP contribution in [0.15, 0.2) is 158 Å². The van der Waals surface area contributed by atoms with Crippen molar-refractivity contribution in [2.45, 2.75) is 0 Å². The first-order valence-corrected chi connectivity index (χ1v) is 17.8. The zero-order chi connectivity index (χ0) is 34.2. The molecule has 0 saturated carbocycles. The number of benzene rings is 6. The first-order chi connectivity index (χ1) is 25.7. The van der Waals surface area contributed by atoms with Crippen LogP contribution in [0.3, 0.4) is 0 Å². The minimum atomic E-state index is 1.02. The van der Waals surface area contributed by atoms with E-state index in [1.54, 1.807) is 0 Å². The van der Waals surface area contributed by atoms with Gasteiger partial charge in [0.1, 0.15) is 0 Å². The average Bonchev–Trinajstić information content (AvgIpc) is 4.02. The highest BCUT2D eigenvalue weighted by molar-refractivity contribution is 6.12. The lowest BCUT2D eigenvalue weighted by molar-refractivity contribution is 1.21. The van der Waals surface area contributed by atoms with Crippen molar-refractivity contribution in [2.24, 2.45) is 0 Å². The molecule has 4 heteroatoms. The molecule has 6 aromatic carbocycles. The lowest BCUT2D eigenvalue weighted by Crippen LogP contribution is -2.16. The Morgan fingerprint density at radius 2 is 0.673 bits per heavy atom. The summed E-state index contributed by atoms with van der Waals surface area (Å²) in [6.07, 6.45) is 4.40. The Kier molecular flexibility index (Phi) is 6.22. The zero-order valence-electron chi connectivity index (χ0n) is 28.2. The van der Waals surface area contributed by atoms with Crippen molar-refractivity contribution in [3.05, 3.63) is 213 Å². The molecule has 0 atom stereocenters. The molecule has 244 valence electrons. The molecule has 8 bridgehead atoms. The van der Waals surface area contributed by atoms with Gasteiger partial charge in [-0.05, 0) is 116 Å². The molecule has 1 aliphatic rings. The van der Waals surface area contributed by atoms with Crippen LogP contribution in [0, 0.1) is 0 Å². The highest BCUT2D eigenvalue weighted by Gasteiger charge is 2.19. The second-order valence-electron chi connectivity index (χ2n) is 13.7. The highest BCUT2D eigenvalue weighted by Crippen LogP contribution is 2.37. The van der Waals surface area contributed by atoms with E-state index in [4.69, 9.17) is 0 Å². The molecule has 0 fully saturated rings. The lowest BCUT2D eigenvalue weighted by atomic mass is 9.90. The molecular weight excluding hydrogens is 633 g/mol. The van der Waals surface area contributed by atoms with Gasteiger partial charge in [-0.2, -0.15) is 0 Å². The maximum absolute atomic E-state index is 3.81. The summed E-state index contributed by atoms with van der Waals surface area (Å²) in [6, 6.07) is 57.0. The Bertz CT molecular complexity index is 2980. The smallest absolute Gasteiger partial charge is 0.0486 e. The van der Waals surface area contributed by atoms with Gasteiger partial charge in [0.15, 0.2) is 0 Å². The Hall–Kier alpha value is -7.04. The molecule has 4 nitrogen and oxygen atoms in total. The van der Waals surface area contributed by atoms with Crippen molar-refractivity contribution in [1.82, 2.24) is 19.9 Å². The molecule has 52 heavy (non-hydrogen) atoms. The molecule has 4 N–H and O–H groups in total. The molecule has 1 aliphatic heterocycles. The van der Waals surface area contributed by atoms with E-state index >= 15 is 0 Å². The number of H-pyrrole nitrogens is 4. The van der Waals surface area contributed by atoms with Gasteiger partial charge in [-0.1, -0.05) is 97.1 Å². The fourth-order valence-electron chi connectivity index (χ4n) is 8.30. The molecular formula is C48H32N4. The quantitative estimate of drug-likeness (QED) is 0.135. The summed E-state index contributed by atoms with van der Waals surface area (Å²) < 4.78 is 0. The number of hydrogen-bond donors (Lipinski definition) is 4. The minimum absolute atomic E-state index is 1.02. The summed E-state index contributed by atoms with van der Waals surface area (Å²) in [7, 11) is 0. The van der Waals surface area contributed by atoms with E-state index in [9.17, 15) is 0 Å². The van der Waals surface area contributed by atoms with Gasteiger partial charge in [-0.25, -0.2) is 0 Å². The number of hydrogen-bond acceptors (Lipinski definition) is 0. The van der Waals surface area contributed by atoms with Crippen LogP contribution < -0.4 is 21.4 Å². The van der Waals surface area contributed by atoms with E-state index in [2.05, 4.69) is 190 Å². The van der Waals surface area contributed by atoms with Gasteiger partial charge in [0.2, 0.25) is 0 Å². The molecule has 11 rings (SSSR count). The summed E-state index contributed by atoms with van der Waals surface area (Å²) in [5, 5.41) is 13.9. The maximum atomic E-state index is 3.81. The molecule has 0 unspecified atom stereocenters. The van der Waals surface area contributed by atoms with Crippen molar-refractivity contribution in [2.75, 3.05) is 0 Å². The number of fused-ring (bicyclic) bond motifs is 12. The van der Waals surface area contributed by atoms with Crippen molar-refractivity contribution in [3.8, 4) is 0 Å². The van der Waals surface area contributed by atoms with Crippen molar-refractivity contribution in [3.63, 3.8) is 0 Å². The summed E-state index contributed by atoms with van der Waals surface area (Å²) in [5.41, 5.74) is 8.85. The molecule has 0 radical (unpaired) electrons. The van der Waals surface area contributed by atoms with Gasteiger partial charge in [-0.15, -0.1) is 0 Å². The van der Waals surface area contributed by atoms with Gasteiger partial charge in [0.25, 0.3) is 0 Å². The third-order valence-electron chi connectivity index (χ3n) is 10.6. The summed E-state index contributed by atoms with van der Waals surface area (Å²) >= 11 is 0. The van der Waals surface area contributed by atoms with Crippen molar-refractivity contribution < 1.29 is 0 Å². The molecule has 0 saturated heterocycles. The van der Waals surface area contributed by atoms with Crippen LogP contribution in [-0.2, 0) is 0 Å². The zero-order valence-corrected chi connectivity index (χ0v) is 28.2. The number of aromatic nitrogens is 4. The molecule has 4 aromatic heterocycles. The van der Waals surface area contributed by atoms with Gasteiger partial charge >= 0.3 is 0 Å². The second-order valence-corrected chi connectivity index (χ2v) is 13.7. The minimum Gasteiger partial charge on any atom is -0.355 e. The van der Waals surface area contributed by atoms with E-state index in [0.717, 1.165) is 55.3 Å². The van der Waals surface area contributed by atoms with Crippen LogP contribution in [0.1, 0.15) is 33.9 Å². The Morgan fingerprint density at radius 3 is 1.06 bits per heavy atom. The molecule has 0 amide bonds. The van der Waals surface area contributed by atoms with Gasteiger partial charge in [-0.3, -0.25) is 0 Å². The third kappa shape index (κ3) is 4.55. The topological polar surface area (TPSA) is 63.2 Å². The first kappa shape index (κ1) is 28.8. The predicted octanol–water partition coefficient (Wildman–Crippen LogP) is 8.08. The van der Waals surface area contributed by atoms with Crippen LogP contribution >= 0.6 is 0 Å². The van der Waals surface area contributed by atoms with Crippen LogP contribution in [0.4, 0.5) is 0 Å². The van der Waals surface area contributed by atoms with E-state index < -0.39 is 0 Å². The predicted molar refractivity (Wildman–Crippen MR) is 215 cm³/mol. The standard InChI is InChI=1S/C48H32N4/c1-5-13-37-29(9-1)25-30-10-2-6-14-38(30)45(37)47-41-21-17-33(49-41)27-35-19-23-43(51-35)48(44-24-20-36(52-44)28-34-18-22-42(47)50-34)46-39-15-7-3-11-31(39)26-32-12-4-8-16-40(32)46/h1-28,49-52H. The Morgan fingerprint density at radius 1 is 0.308 bits per heavy atom. The van der Waals surface area contributed by atoms with Gasteiger partial charge < -0.3 is 19.9 Å². The summed E-state index contributed by atoms with van der Waals surface area (Å²) in [4.78, 5) is 15.2. The Labute approximate surface area is 298 Å². The largest absolute Gasteiger partial charge is 0.355 e. The number of rotatable bonds is 2. The fraction of sp³-hybridized carbons (Fsp3) is 0. The van der Waals surface area contributed by atoms with E-state index in [-0.39, 0.29) is 0 Å². The second kappa shape index (κ2) is 11.2. The van der Waals surface area contributed by atoms with E-state index in [1.807, 2.05) is 0 Å². The highest BCUT2D eigenvalue weighted by atomic mass is 14.8. The van der Waals surface area contributed by atoms with E-state index in [0.29, 0.717) is 0 Å². The van der Waals surface area contributed by atoms with Gasteiger partial charge in [0.05, 0.1) is 0 Å². The van der Waals surface area contributed by atoms with Crippen LogP contribution in [0.5, 0.6) is 0 Å². The summed E-state index contributed by atoms with van der Waals surface area (Å²) in [6.45, 7) is 0. The fourth-order valence-corrected chi connectivity index (χ4v) is 8.30. The SMILES string of the molecule is C1=c2ccc([nH]2)=C(c2c3ccccc3cc3ccccc23)c2ccc([nH]2)C=c2ccc([nH]2)=C(c2c3ccccc3cc3ccccc23)c2ccc1[nH]2. The monoisotopic (exact) mass is 664 g/mol. The van der Waals surface area contributed by atoms with Gasteiger partial charge in [0, 0.05) is 66.4 Å². The van der Waals surface area contributed by atoms with E-state index in [1.165, 1.54) is 54.2 Å². The lowest BCUT2D eigenvalue weighted by Gasteiger charge is -2.14.